The van der Waals surface area contributed by atoms with E-state index in [1.165, 1.54) is 308 Å². The normalized spacial score (nSPS) is 11.9. The van der Waals surface area contributed by atoms with Crippen LogP contribution >= 0.6 is 0 Å². The molecule has 0 aliphatic rings. The van der Waals surface area contributed by atoms with Gasteiger partial charge in [0.25, 0.3) is 0 Å². The average Bonchev–Trinajstić information content (AvgIpc) is 3.25. The van der Waals surface area contributed by atoms with E-state index in [0.717, 1.165) is 11.8 Å². The van der Waals surface area contributed by atoms with E-state index in [1.807, 2.05) is 0 Å². The lowest BCUT2D eigenvalue weighted by Gasteiger charge is -2.20. The molecule has 2 atom stereocenters. The lowest BCUT2D eigenvalue weighted by atomic mass is 9.86. The highest BCUT2D eigenvalue weighted by Gasteiger charge is 2.12. The van der Waals surface area contributed by atoms with Gasteiger partial charge in [-0.1, -0.05) is 377 Å². The van der Waals surface area contributed by atoms with Gasteiger partial charge in [0, 0.05) is 0 Å². The summed E-state index contributed by atoms with van der Waals surface area (Å²) in [6.07, 6.45) is 69.7. The van der Waals surface area contributed by atoms with E-state index >= 15 is 0 Å². The summed E-state index contributed by atoms with van der Waals surface area (Å²) in [5, 5.41) is 0. The monoisotopic (exact) mass is 849 g/mol. The molecule has 0 radical (unpaired) electrons. The van der Waals surface area contributed by atoms with Crippen molar-refractivity contribution in [2.75, 3.05) is 0 Å². The zero-order chi connectivity index (χ0) is 45.1. The molecular weight excluding hydrogens is 721 g/mol. The first-order valence-electron chi connectivity index (χ1n) is 29.5. The van der Waals surface area contributed by atoms with Crippen LogP contribution in [0.2, 0.25) is 0 Å². The van der Waals surface area contributed by atoms with E-state index in [0.29, 0.717) is 0 Å². The molecular formula is C60H128. The van der Waals surface area contributed by atoms with Crippen molar-refractivity contribution in [3.05, 3.63) is 0 Å². The Labute approximate surface area is 387 Å². The largest absolute Gasteiger partial charge is 0.0654 e. The summed E-state index contributed by atoms with van der Waals surface area (Å²) < 4.78 is 0. The van der Waals surface area contributed by atoms with E-state index < -0.39 is 0 Å². The van der Waals surface area contributed by atoms with Gasteiger partial charge in [-0.15, -0.1) is 0 Å². The minimum atomic E-state index is 1.02. The SMILES string of the molecule is CCCCC.CCCCCCCCCC(CCC)CCCC(CCC)CCCCCCCCC.CCCCCCCCCCCCC.CCCCCCCCCCCCC. The van der Waals surface area contributed by atoms with E-state index in [-0.39, 0.29) is 0 Å². The Morgan fingerprint density at radius 1 is 0.133 bits per heavy atom. The molecule has 0 spiro atoms. The van der Waals surface area contributed by atoms with Gasteiger partial charge in [-0.25, -0.2) is 0 Å². The van der Waals surface area contributed by atoms with Crippen LogP contribution < -0.4 is 0 Å². The van der Waals surface area contributed by atoms with Gasteiger partial charge in [0.1, 0.15) is 0 Å². The van der Waals surface area contributed by atoms with E-state index in [1.54, 1.807) is 0 Å². The molecule has 0 aliphatic heterocycles. The van der Waals surface area contributed by atoms with Crippen LogP contribution in [0, 0.1) is 11.8 Å². The molecule has 0 aromatic heterocycles. The summed E-state index contributed by atoms with van der Waals surface area (Å²) >= 11 is 0. The molecule has 0 rings (SSSR count). The van der Waals surface area contributed by atoms with Crippen LogP contribution in [-0.2, 0) is 0 Å². The van der Waals surface area contributed by atoms with Crippen LogP contribution in [0.25, 0.3) is 0 Å². The topological polar surface area (TPSA) is 0 Å². The Hall–Kier alpha value is 0. The first kappa shape index (κ1) is 66.6. The zero-order valence-corrected chi connectivity index (χ0v) is 45.1. The van der Waals surface area contributed by atoms with Gasteiger partial charge < -0.3 is 0 Å². The summed E-state index contributed by atoms with van der Waals surface area (Å²) in [7, 11) is 0. The first-order chi connectivity index (χ1) is 29.5. The van der Waals surface area contributed by atoms with Gasteiger partial charge >= 0.3 is 0 Å². The Balaban J connectivity index is -0.000000416. The van der Waals surface area contributed by atoms with Crippen molar-refractivity contribution in [3.8, 4) is 0 Å². The van der Waals surface area contributed by atoms with Gasteiger partial charge in [0.05, 0.1) is 0 Å². The third-order valence-electron chi connectivity index (χ3n) is 13.2. The number of hydrogen-bond donors (Lipinski definition) is 0. The second kappa shape index (κ2) is 68.1. The van der Waals surface area contributed by atoms with Crippen molar-refractivity contribution in [1.29, 1.82) is 0 Å². The first-order valence-corrected chi connectivity index (χ1v) is 29.5. The van der Waals surface area contributed by atoms with Crippen molar-refractivity contribution in [2.24, 2.45) is 11.8 Å². The molecule has 0 heterocycles. The Morgan fingerprint density at radius 3 is 0.467 bits per heavy atom. The van der Waals surface area contributed by atoms with Crippen molar-refractivity contribution < 1.29 is 0 Å². The molecule has 60 heavy (non-hydrogen) atoms. The standard InChI is InChI=1S/C29H60.2C13H28.C5H12/c1-5-9-11-13-15-17-19-24-28(22-7-3)26-21-27-29(23-8-4)25-20-18-16-14-12-10-6-2;2*1-3-5-7-9-11-13-12-10-8-6-4-2;1-3-5-4-2/h28-29H,5-27H2,1-4H3;2*3-13H2,1-2H3;3-5H2,1-2H3. The van der Waals surface area contributed by atoms with Gasteiger partial charge in [-0.05, 0) is 11.8 Å². The molecule has 2 unspecified atom stereocenters. The fourth-order valence-corrected chi connectivity index (χ4v) is 8.99. The minimum Gasteiger partial charge on any atom is -0.0654 e. The molecule has 368 valence electrons. The van der Waals surface area contributed by atoms with Crippen LogP contribution in [0.15, 0.2) is 0 Å². The van der Waals surface area contributed by atoms with Gasteiger partial charge in [-0.2, -0.15) is 0 Å². The van der Waals surface area contributed by atoms with Crippen LogP contribution in [0.1, 0.15) is 377 Å². The number of hydrogen-bond acceptors (Lipinski definition) is 0. The van der Waals surface area contributed by atoms with Crippen LogP contribution in [0.5, 0.6) is 0 Å². The number of unbranched alkanes of at least 4 members (excludes halogenated alkanes) is 34. The molecule has 0 heteroatoms. The molecule has 0 bridgehead atoms. The predicted octanol–water partition coefficient (Wildman–Crippen LogP) is 24.1. The summed E-state index contributed by atoms with van der Waals surface area (Å²) in [6.45, 7) is 23.0. The lowest BCUT2D eigenvalue weighted by Crippen LogP contribution is -2.05. The molecule has 0 aromatic carbocycles. The van der Waals surface area contributed by atoms with E-state index in [2.05, 4.69) is 69.2 Å². The third kappa shape index (κ3) is 69.7. The maximum Gasteiger partial charge on any atom is -0.0414 e. The minimum absolute atomic E-state index is 1.02. The highest BCUT2D eigenvalue weighted by Crippen LogP contribution is 2.27. The zero-order valence-electron chi connectivity index (χ0n) is 45.1. The van der Waals surface area contributed by atoms with Crippen LogP contribution in [0.3, 0.4) is 0 Å². The molecule has 0 nitrogen and oxygen atoms in total. The molecule has 0 saturated carbocycles. The van der Waals surface area contributed by atoms with Gasteiger partial charge in [0.2, 0.25) is 0 Å². The second-order valence-corrected chi connectivity index (χ2v) is 19.8. The second-order valence-electron chi connectivity index (χ2n) is 19.8. The van der Waals surface area contributed by atoms with E-state index in [9.17, 15) is 0 Å². The Morgan fingerprint density at radius 2 is 0.300 bits per heavy atom. The van der Waals surface area contributed by atoms with Gasteiger partial charge in [0.15, 0.2) is 0 Å². The molecule has 0 aliphatic carbocycles. The van der Waals surface area contributed by atoms with Crippen molar-refractivity contribution in [2.45, 2.75) is 377 Å². The highest BCUT2D eigenvalue weighted by atomic mass is 14.2. The summed E-state index contributed by atoms with van der Waals surface area (Å²) in [5.41, 5.74) is 0. The van der Waals surface area contributed by atoms with Crippen LogP contribution in [0.4, 0.5) is 0 Å². The maximum absolute atomic E-state index is 2.39. The summed E-state index contributed by atoms with van der Waals surface area (Å²) in [6, 6.07) is 0. The van der Waals surface area contributed by atoms with Crippen LogP contribution in [-0.4, -0.2) is 0 Å². The lowest BCUT2D eigenvalue weighted by molar-refractivity contribution is 0.335. The molecule has 0 fully saturated rings. The van der Waals surface area contributed by atoms with Crippen molar-refractivity contribution in [3.63, 3.8) is 0 Å². The summed E-state index contributed by atoms with van der Waals surface area (Å²) in [5.74, 6) is 2.05. The quantitative estimate of drug-likeness (QED) is 0.0536. The van der Waals surface area contributed by atoms with Gasteiger partial charge in [-0.3, -0.25) is 0 Å². The third-order valence-corrected chi connectivity index (χ3v) is 13.2. The predicted molar refractivity (Wildman–Crippen MR) is 285 cm³/mol. The van der Waals surface area contributed by atoms with E-state index in [4.69, 9.17) is 0 Å². The Kier molecular flexibility index (Phi) is 75.6. The maximum atomic E-state index is 2.39. The van der Waals surface area contributed by atoms with Crippen molar-refractivity contribution >= 4 is 0 Å². The highest BCUT2D eigenvalue weighted by molar-refractivity contribution is 4.65. The molecule has 0 N–H and O–H groups in total. The number of rotatable bonds is 46. The smallest absolute Gasteiger partial charge is 0.0414 e. The molecule has 0 saturated heterocycles. The summed E-state index contributed by atoms with van der Waals surface area (Å²) in [4.78, 5) is 0. The Bertz CT molecular complexity index is 550. The fraction of sp³-hybridized carbons (Fsp3) is 1.00. The molecule has 0 aromatic rings. The average molecular weight is 850 g/mol. The van der Waals surface area contributed by atoms with Crippen molar-refractivity contribution in [1.82, 2.24) is 0 Å². The fourth-order valence-electron chi connectivity index (χ4n) is 8.99. The molecule has 0 amide bonds.